The summed E-state index contributed by atoms with van der Waals surface area (Å²) in [5, 5.41) is 9.75. The number of nitrogens with one attached hydrogen (secondary N) is 3. The predicted molar refractivity (Wildman–Crippen MR) is 140 cm³/mol. The number of halogens is 1. The van der Waals surface area contributed by atoms with Crippen LogP contribution in [0.4, 0.5) is 5.69 Å². The average molecular weight is 567 g/mol. The number of hydrogen-bond donors (Lipinski definition) is 3. The van der Waals surface area contributed by atoms with Crippen molar-refractivity contribution in [3.05, 3.63) is 53.5 Å². The highest BCUT2D eigenvalue weighted by molar-refractivity contribution is 14.0. The topological polar surface area (TPSA) is 91.1 Å². The molecule has 33 heavy (non-hydrogen) atoms. The summed E-state index contributed by atoms with van der Waals surface area (Å²) < 4.78 is 11.5. The molecule has 2 aromatic rings. The molecule has 0 aliphatic carbocycles. The van der Waals surface area contributed by atoms with Crippen LogP contribution in [0.2, 0.25) is 0 Å². The number of guanidine groups is 1. The summed E-state index contributed by atoms with van der Waals surface area (Å²) >= 11 is 0. The van der Waals surface area contributed by atoms with Gasteiger partial charge in [-0.2, -0.15) is 0 Å². The SMILES string of the molecule is CCNC(=NCC(c1ccc(C)o1)N1CCOCC1)NCC1CC(=O)Nc2ccccc21.I. The van der Waals surface area contributed by atoms with Crippen LogP contribution in [0, 0.1) is 6.92 Å². The van der Waals surface area contributed by atoms with Crippen LogP contribution in [-0.4, -0.2) is 62.7 Å². The Kier molecular flexibility index (Phi) is 9.57. The number of anilines is 1. The molecule has 0 radical (unpaired) electrons. The zero-order valence-electron chi connectivity index (χ0n) is 19.3. The van der Waals surface area contributed by atoms with Gasteiger partial charge < -0.3 is 25.1 Å². The first kappa shape index (κ1) is 25.5. The largest absolute Gasteiger partial charge is 0.465 e. The minimum Gasteiger partial charge on any atom is -0.465 e. The lowest BCUT2D eigenvalue weighted by molar-refractivity contribution is -0.116. The summed E-state index contributed by atoms with van der Waals surface area (Å²) in [5.41, 5.74) is 2.06. The molecule has 0 spiro atoms. The third-order valence-corrected chi connectivity index (χ3v) is 5.96. The van der Waals surface area contributed by atoms with Crippen LogP contribution < -0.4 is 16.0 Å². The number of aryl methyl sites for hydroxylation is 1. The normalized spacial score (nSPS) is 19.8. The summed E-state index contributed by atoms with van der Waals surface area (Å²) in [6.45, 7) is 9.15. The van der Waals surface area contributed by atoms with Gasteiger partial charge in [0.05, 0.1) is 25.8 Å². The van der Waals surface area contributed by atoms with E-state index in [0.29, 0.717) is 19.5 Å². The van der Waals surface area contributed by atoms with Crippen molar-refractivity contribution in [1.29, 1.82) is 0 Å². The number of aliphatic imine (C=N–C) groups is 1. The van der Waals surface area contributed by atoms with Gasteiger partial charge in [-0.3, -0.25) is 14.7 Å². The molecule has 9 heteroatoms. The fourth-order valence-corrected chi connectivity index (χ4v) is 4.33. The molecule has 1 aromatic heterocycles. The van der Waals surface area contributed by atoms with Gasteiger partial charge in [0.2, 0.25) is 5.91 Å². The van der Waals surface area contributed by atoms with Gasteiger partial charge in [-0.1, -0.05) is 18.2 Å². The van der Waals surface area contributed by atoms with Crippen LogP contribution in [0.15, 0.2) is 45.8 Å². The van der Waals surface area contributed by atoms with Crippen LogP contribution in [-0.2, 0) is 9.53 Å². The van der Waals surface area contributed by atoms with Crippen LogP contribution in [0.25, 0.3) is 0 Å². The van der Waals surface area contributed by atoms with Crippen LogP contribution in [0.5, 0.6) is 0 Å². The second-order valence-electron chi connectivity index (χ2n) is 8.25. The highest BCUT2D eigenvalue weighted by Gasteiger charge is 2.26. The van der Waals surface area contributed by atoms with Crippen molar-refractivity contribution in [2.75, 3.05) is 51.3 Å². The summed E-state index contributed by atoms with van der Waals surface area (Å²) in [6.07, 6.45) is 0.464. The standard InChI is InChI=1S/C24H33N5O3.HI/c1-3-25-24(26-15-18-14-23(30)28-20-7-5-4-6-19(18)20)27-16-21(22-9-8-17(2)32-22)29-10-12-31-13-11-29;/h4-9,18,21H,3,10-16H2,1-2H3,(H,28,30)(H2,25,26,27);1H. The predicted octanol–water partition coefficient (Wildman–Crippen LogP) is 3.26. The number of nitrogens with zero attached hydrogens (tertiary/aromatic N) is 2. The highest BCUT2D eigenvalue weighted by Crippen LogP contribution is 2.31. The lowest BCUT2D eigenvalue weighted by Gasteiger charge is -2.32. The first-order valence-corrected chi connectivity index (χ1v) is 11.4. The zero-order valence-corrected chi connectivity index (χ0v) is 21.6. The van der Waals surface area contributed by atoms with Crippen molar-refractivity contribution in [3.8, 4) is 0 Å². The molecule has 2 aliphatic heterocycles. The number of carbonyl (C=O) groups is 1. The molecule has 3 N–H and O–H groups in total. The molecule has 0 bridgehead atoms. The molecule has 1 aromatic carbocycles. The second-order valence-corrected chi connectivity index (χ2v) is 8.25. The average Bonchev–Trinajstić information content (AvgIpc) is 3.23. The van der Waals surface area contributed by atoms with E-state index in [2.05, 4.69) is 33.8 Å². The minimum atomic E-state index is 0. The Labute approximate surface area is 212 Å². The number of carbonyl (C=O) groups excluding carboxylic acids is 1. The Morgan fingerprint density at radius 2 is 2.00 bits per heavy atom. The maximum Gasteiger partial charge on any atom is 0.225 e. The minimum absolute atomic E-state index is 0. The van der Waals surface area contributed by atoms with E-state index in [1.165, 1.54) is 0 Å². The molecule has 2 atom stereocenters. The first-order valence-electron chi connectivity index (χ1n) is 11.4. The van der Waals surface area contributed by atoms with E-state index in [9.17, 15) is 4.79 Å². The van der Waals surface area contributed by atoms with Gasteiger partial charge in [-0.15, -0.1) is 24.0 Å². The van der Waals surface area contributed by atoms with E-state index in [0.717, 1.165) is 61.6 Å². The van der Waals surface area contributed by atoms with Gasteiger partial charge in [-0.05, 0) is 37.6 Å². The Morgan fingerprint density at radius 1 is 1.21 bits per heavy atom. The van der Waals surface area contributed by atoms with Gasteiger partial charge in [0.15, 0.2) is 5.96 Å². The number of amides is 1. The lowest BCUT2D eigenvalue weighted by Crippen LogP contribution is -2.43. The van der Waals surface area contributed by atoms with Crippen molar-refractivity contribution >= 4 is 41.5 Å². The fourth-order valence-electron chi connectivity index (χ4n) is 4.33. The quantitative estimate of drug-likeness (QED) is 0.271. The highest BCUT2D eigenvalue weighted by atomic mass is 127. The van der Waals surface area contributed by atoms with Crippen molar-refractivity contribution in [2.45, 2.75) is 32.2 Å². The fraction of sp³-hybridized carbons (Fsp3) is 0.500. The van der Waals surface area contributed by atoms with E-state index in [-0.39, 0.29) is 41.8 Å². The molecule has 4 rings (SSSR count). The van der Waals surface area contributed by atoms with Crippen molar-refractivity contribution in [2.24, 2.45) is 4.99 Å². The van der Waals surface area contributed by atoms with Gasteiger partial charge in [0.25, 0.3) is 0 Å². The lowest BCUT2D eigenvalue weighted by atomic mass is 9.90. The van der Waals surface area contributed by atoms with Gasteiger partial charge in [0.1, 0.15) is 11.5 Å². The van der Waals surface area contributed by atoms with Crippen LogP contribution in [0.1, 0.15) is 42.4 Å². The summed E-state index contributed by atoms with van der Waals surface area (Å²) in [7, 11) is 0. The van der Waals surface area contributed by atoms with E-state index < -0.39 is 0 Å². The van der Waals surface area contributed by atoms with Crippen molar-refractivity contribution in [1.82, 2.24) is 15.5 Å². The van der Waals surface area contributed by atoms with Gasteiger partial charge >= 0.3 is 0 Å². The number of hydrogen-bond acceptors (Lipinski definition) is 5. The number of morpholine rings is 1. The van der Waals surface area contributed by atoms with Crippen molar-refractivity contribution in [3.63, 3.8) is 0 Å². The molecule has 8 nitrogen and oxygen atoms in total. The van der Waals surface area contributed by atoms with Crippen LogP contribution >= 0.6 is 24.0 Å². The van der Waals surface area contributed by atoms with E-state index in [1.54, 1.807) is 0 Å². The molecule has 3 heterocycles. The molecule has 1 fully saturated rings. The Balaban J connectivity index is 0.00000306. The maximum atomic E-state index is 12.1. The summed E-state index contributed by atoms with van der Waals surface area (Å²) in [6, 6.07) is 12.1. The molecular formula is C24H34IN5O3. The zero-order chi connectivity index (χ0) is 22.3. The van der Waals surface area contributed by atoms with E-state index in [4.69, 9.17) is 14.1 Å². The Bertz CT molecular complexity index is 942. The summed E-state index contributed by atoms with van der Waals surface area (Å²) in [4.78, 5) is 19.4. The third kappa shape index (κ3) is 6.70. The number of para-hydroxylation sites is 1. The molecule has 2 unspecified atom stereocenters. The number of furan rings is 1. The van der Waals surface area contributed by atoms with Crippen LogP contribution in [0.3, 0.4) is 0 Å². The third-order valence-electron chi connectivity index (χ3n) is 5.96. The Morgan fingerprint density at radius 3 is 2.73 bits per heavy atom. The maximum absolute atomic E-state index is 12.1. The second kappa shape index (κ2) is 12.4. The van der Waals surface area contributed by atoms with Gasteiger partial charge in [0, 0.05) is 44.2 Å². The van der Waals surface area contributed by atoms with Gasteiger partial charge in [-0.25, -0.2) is 0 Å². The monoisotopic (exact) mass is 567 g/mol. The number of fused-ring (bicyclic) bond motifs is 1. The molecule has 1 amide bonds. The number of benzene rings is 1. The molecule has 1 saturated heterocycles. The molecular weight excluding hydrogens is 533 g/mol. The van der Waals surface area contributed by atoms with Crippen molar-refractivity contribution < 1.29 is 13.9 Å². The smallest absolute Gasteiger partial charge is 0.225 e. The summed E-state index contributed by atoms with van der Waals surface area (Å²) in [5.74, 6) is 2.74. The molecule has 2 aliphatic rings. The first-order chi connectivity index (χ1) is 15.6. The number of ether oxygens (including phenoxy) is 1. The molecule has 180 valence electrons. The Hall–Kier alpha value is -2.11. The van der Waals surface area contributed by atoms with E-state index in [1.807, 2.05) is 37.3 Å². The van der Waals surface area contributed by atoms with E-state index >= 15 is 0 Å². The molecule has 0 saturated carbocycles. The number of rotatable bonds is 7.